The highest BCUT2D eigenvalue weighted by Crippen LogP contribution is 2.31. The molecule has 1 aliphatic carbocycles. The van der Waals surface area contributed by atoms with E-state index in [0.29, 0.717) is 35.6 Å². The monoisotopic (exact) mass is 520 g/mol. The molecule has 1 aliphatic rings. The normalized spacial score (nSPS) is 14.1. The Kier molecular flexibility index (Phi) is 6.27. The molecule has 3 aromatic carbocycles. The standard InChI is InChI=1S/C32H28N2O5/c1-18-11-14-25-23(17-37-30(25)19(18)2)16-28(35)34-33-26-9-6-10-27-29(26)20(3)31(39-27)32(36)38-24-13-12-21-7-4-5-8-22(21)15-24/h4-5,7-8,11-15,17H,6,9-10,16H2,1-3H3,(H,34,35)/b33-26+. The molecule has 0 bridgehead atoms. The number of ether oxygens (including phenoxy) is 1. The first-order chi connectivity index (χ1) is 18.9. The smallest absolute Gasteiger partial charge is 0.379 e. The van der Waals surface area contributed by atoms with Crippen LogP contribution in [0.2, 0.25) is 0 Å². The van der Waals surface area contributed by atoms with E-state index in [1.54, 1.807) is 12.3 Å². The second kappa shape index (κ2) is 9.91. The van der Waals surface area contributed by atoms with E-state index in [9.17, 15) is 9.59 Å². The Morgan fingerprint density at radius 3 is 2.64 bits per heavy atom. The Morgan fingerprint density at radius 2 is 1.79 bits per heavy atom. The number of fused-ring (bicyclic) bond motifs is 3. The summed E-state index contributed by atoms with van der Waals surface area (Å²) in [7, 11) is 0. The number of rotatable bonds is 5. The van der Waals surface area contributed by atoms with Crippen LogP contribution < -0.4 is 10.2 Å². The first-order valence-electron chi connectivity index (χ1n) is 13.0. The van der Waals surface area contributed by atoms with E-state index in [1.807, 2.05) is 69.3 Å². The number of hydrazone groups is 1. The number of carbonyl (C=O) groups excluding carboxylic acids is 2. The Balaban J connectivity index is 1.19. The molecule has 39 heavy (non-hydrogen) atoms. The van der Waals surface area contributed by atoms with Crippen molar-refractivity contribution in [2.45, 2.75) is 46.5 Å². The second-order valence-electron chi connectivity index (χ2n) is 10.0. The van der Waals surface area contributed by atoms with Gasteiger partial charge in [0.1, 0.15) is 17.1 Å². The van der Waals surface area contributed by atoms with Crippen LogP contribution >= 0.6 is 0 Å². The summed E-state index contributed by atoms with van der Waals surface area (Å²) in [6, 6.07) is 17.4. The summed E-state index contributed by atoms with van der Waals surface area (Å²) in [6.45, 7) is 5.87. The SMILES string of the molecule is Cc1ccc2c(CC(=O)N/N=C3\CCCc4oc(C(=O)Oc5ccc6ccccc6c5)c(C)c43)coc2c1C. The minimum atomic E-state index is -0.557. The number of amides is 1. The van der Waals surface area contributed by atoms with Gasteiger partial charge >= 0.3 is 5.97 Å². The van der Waals surface area contributed by atoms with Gasteiger partial charge in [0, 0.05) is 28.5 Å². The molecule has 1 amide bonds. The van der Waals surface area contributed by atoms with Crippen LogP contribution in [0.15, 0.2) is 74.8 Å². The topological polar surface area (TPSA) is 94.0 Å². The number of hydrogen-bond donors (Lipinski definition) is 1. The fourth-order valence-corrected chi connectivity index (χ4v) is 5.23. The molecule has 2 heterocycles. The first kappa shape index (κ1) is 24.7. The number of furan rings is 2. The van der Waals surface area contributed by atoms with E-state index in [-0.39, 0.29) is 18.1 Å². The summed E-state index contributed by atoms with van der Waals surface area (Å²) >= 11 is 0. The Labute approximate surface area is 225 Å². The zero-order valence-electron chi connectivity index (χ0n) is 22.1. The maximum absolute atomic E-state index is 13.1. The van der Waals surface area contributed by atoms with E-state index in [0.717, 1.165) is 50.4 Å². The Bertz CT molecular complexity index is 1790. The highest BCUT2D eigenvalue weighted by Gasteiger charge is 2.29. The van der Waals surface area contributed by atoms with Gasteiger partial charge in [-0.1, -0.05) is 42.5 Å². The minimum Gasteiger partial charge on any atom is -0.464 e. The van der Waals surface area contributed by atoms with Crippen LogP contribution in [-0.4, -0.2) is 17.6 Å². The zero-order valence-corrected chi connectivity index (χ0v) is 22.1. The molecule has 0 radical (unpaired) electrons. The van der Waals surface area contributed by atoms with E-state index in [4.69, 9.17) is 13.6 Å². The molecular weight excluding hydrogens is 492 g/mol. The predicted molar refractivity (Wildman–Crippen MR) is 149 cm³/mol. The van der Waals surface area contributed by atoms with Crippen LogP contribution in [0, 0.1) is 20.8 Å². The molecule has 1 N–H and O–H groups in total. The van der Waals surface area contributed by atoms with Gasteiger partial charge in [-0.2, -0.15) is 5.10 Å². The molecule has 0 spiro atoms. The molecule has 2 aromatic heterocycles. The molecule has 196 valence electrons. The predicted octanol–water partition coefficient (Wildman–Crippen LogP) is 6.72. The summed E-state index contributed by atoms with van der Waals surface area (Å²) < 4.78 is 17.4. The van der Waals surface area contributed by atoms with Crippen LogP contribution in [0.4, 0.5) is 0 Å². The highest BCUT2D eigenvalue weighted by molar-refractivity contribution is 6.06. The van der Waals surface area contributed by atoms with Crippen molar-refractivity contribution in [3.05, 3.63) is 100 Å². The lowest BCUT2D eigenvalue weighted by Gasteiger charge is -2.13. The van der Waals surface area contributed by atoms with Crippen molar-refractivity contribution >= 4 is 39.3 Å². The fraction of sp³-hybridized carbons (Fsp3) is 0.219. The van der Waals surface area contributed by atoms with E-state index >= 15 is 0 Å². The molecule has 0 saturated carbocycles. The molecule has 7 heteroatoms. The maximum Gasteiger partial charge on any atom is 0.379 e. The summed E-state index contributed by atoms with van der Waals surface area (Å²) in [5.74, 6) is 0.491. The lowest BCUT2D eigenvalue weighted by atomic mass is 9.93. The molecule has 6 rings (SSSR count). The maximum atomic E-state index is 13.1. The van der Waals surface area contributed by atoms with Gasteiger partial charge in [0.2, 0.25) is 11.7 Å². The molecule has 0 unspecified atom stereocenters. The van der Waals surface area contributed by atoms with Gasteiger partial charge in [0.05, 0.1) is 18.4 Å². The summed E-state index contributed by atoms with van der Waals surface area (Å²) in [5.41, 5.74) is 8.65. The Hall–Kier alpha value is -4.65. The van der Waals surface area contributed by atoms with Gasteiger partial charge in [0.15, 0.2) is 0 Å². The average Bonchev–Trinajstić information content (AvgIpc) is 3.51. The lowest BCUT2D eigenvalue weighted by Crippen LogP contribution is -2.23. The van der Waals surface area contributed by atoms with Crippen LogP contribution in [0.5, 0.6) is 5.75 Å². The number of benzene rings is 3. The van der Waals surface area contributed by atoms with Gasteiger partial charge < -0.3 is 13.6 Å². The number of hydrogen-bond acceptors (Lipinski definition) is 6. The third-order valence-electron chi connectivity index (χ3n) is 7.45. The average molecular weight is 521 g/mol. The van der Waals surface area contributed by atoms with Crippen molar-refractivity contribution in [2.24, 2.45) is 5.10 Å². The van der Waals surface area contributed by atoms with Crippen molar-refractivity contribution in [2.75, 3.05) is 0 Å². The number of esters is 1. The van der Waals surface area contributed by atoms with Crippen molar-refractivity contribution in [3.8, 4) is 5.75 Å². The van der Waals surface area contributed by atoms with E-state index < -0.39 is 5.97 Å². The van der Waals surface area contributed by atoms with Crippen LogP contribution in [0.1, 0.15) is 57.0 Å². The van der Waals surface area contributed by atoms with Crippen molar-refractivity contribution in [1.29, 1.82) is 0 Å². The van der Waals surface area contributed by atoms with Crippen molar-refractivity contribution in [3.63, 3.8) is 0 Å². The van der Waals surface area contributed by atoms with E-state index in [2.05, 4.69) is 10.5 Å². The quantitative estimate of drug-likeness (QED) is 0.158. The minimum absolute atomic E-state index is 0.146. The largest absolute Gasteiger partial charge is 0.464 e. The zero-order chi connectivity index (χ0) is 27.1. The first-order valence-corrected chi connectivity index (χ1v) is 13.0. The van der Waals surface area contributed by atoms with Gasteiger partial charge in [-0.25, -0.2) is 10.2 Å². The fourth-order valence-electron chi connectivity index (χ4n) is 5.23. The van der Waals surface area contributed by atoms with Gasteiger partial charge in [-0.05, 0) is 67.6 Å². The third-order valence-corrected chi connectivity index (χ3v) is 7.45. The number of aryl methyl sites for hydroxylation is 3. The molecule has 7 nitrogen and oxygen atoms in total. The second-order valence-corrected chi connectivity index (χ2v) is 10.0. The molecular formula is C32H28N2O5. The van der Waals surface area contributed by atoms with Gasteiger partial charge in [-0.3, -0.25) is 4.79 Å². The highest BCUT2D eigenvalue weighted by atomic mass is 16.5. The molecule has 0 fully saturated rings. The number of nitrogens with zero attached hydrogens (tertiary/aromatic N) is 1. The van der Waals surface area contributed by atoms with E-state index in [1.165, 1.54) is 0 Å². The van der Waals surface area contributed by atoms with Crippen LogP contribution in [-0.2, 0) is 17.6 Å². The molecule has 5 aromatic rings. The summed E-state index contributed by atoms with van der Waals surface area (Å²) in [6.07, 6.45) is 3.94. The van der Waals surface area contributed by atoms with Gasteiger partial charge in [-0.15, -0.1) is 0 Å². The van der Waals surface area contributed by atoms with Crippen LogP contribution in [0.25, 0.3) is 21.7 Å². The molecule has 0 aliphatic heterocycles. The summed E-state index contributed by atoms with van der Waals surface area (Å²) in [4.78, 5) is 25.9. The van der Waals surface area contributed by atoms with Crippen molar-refractivity contribution < 1.29 is 23.2 Å². The number of carbonyl (C=O) groups is 2. The molecule has 0 saturated heterocycles. The van der Waals surface area contributed by atoms with Crippen molar-refractivity contribution in [1.82, 2.24) is 5.43 Å². The van der Waals surface area contributed by atoms with Crippen LogP contribution in [0.3, 0.4) is 0 Å². The summed E-state index contributed by atoms with van der Waals surface area (Å²) in [5, 5.41) is 7.42. The number of nitrogens with one attached hydrogen (secondary N) is 1. The third kappa shape index (κ3) is 4.61. The van der Waals surface area contributed by atoms with Gasteiger partial charge in [0.25, 0.3) is 0 Å². The molecule has 0 atom stereocenters. The lowest BCUT2D eigenvalue weighted by molar-refractivity contribution is -0.120. The Morgan fingerprint density at radius 1 is 0.974 bits per heavy atom.